The highest BCUT2D eigenvalue weighted by atomic mass is 35.5. The number of nitrogens with one attached hydrogen (secondary N) is 1. The van der Waals surface area contributed by atoms with Crippen molar-refractivity contribution >= 4 is 30.1 Å². The lowest BCUT2D eigenvalue weighted by Crippen LogP contribution is -2.24. The Morgan fingerprint density at radius 3 is 2.36 bits per heavy atom. The van der Waals surface area contributed by atoms with Crippen molar-refractivity contribution in [2.24, 2.45) is 0 Å². The Morgan fingerprint density at radius 2 is 1.73 bits per heavy atom. The number of halogens is 4. The van der Waals surface area contributed by atoms with E-state index in [4.69, 9.17) is 9.47 Å². The summed E-state index contributed by atoms with van der Waals surface area (Å²) in [4.78, 5) is 23.8. The summed E-state index contributed by atoms with van der Waals surface area (Å²) in [6.45, 7) is 0.280. The molecule has 2 heterocycles. The molecule has 7 nitrogen and oxygen atoms in total. The number of hydrogen-bond acceptors (Lipinski definition) is 7. The van der Waals surface area contributed by atoms with Gasteiger partial charge in [0.15, 0.2) is 16.7 Å². The van der Waals surface area contributed by atoms with Crippen LogP contribution in [0.2, 0.25) is 0 Å². The van der Waals surface area contributed by atoms with E-state index in [1.165, 1.54) is 20.3 Å². The predicted molar refractivity (Wildman–Crippen MR) is 120 cm³/mol. The van der Waals surface area contributed by atoms with Crippen molar-refractivity contribution in [1.29, 1.82) is 0 Å². The number of hydrogen-bond donors (Lipinski definition) is 1. The maximum absolute atomic E-state index is 13.4. The molecule has 3 aromatic rings. The fourth-order valence-corrected chi connectivity index (χ4v) is 3.35. The Balaban J connectivity index is 0.00000385. The zero-order valence-electron chi connectivity index (χ0n) is 17.5. The second kappa shape index (κ2) is 11.7. The molecule has 0 atom stereocenters. The van der Waals surface area contributed by atoms with Crippen molar-refractivity contribution in [2.45, 2.75) is 17.9 Å². The van der Waals surface area contributed by atoms with Gasteiger partial charge in [0.25, 0.3) is 0 Å². The van der Waals surface area contributed by atoms with Crippen LogP contribution < -0.4 is 14.8 Å². The van der Waals surface area contributed by atoms with Crippen LogP contribution in [0.5, 0.6) is 11.5 Å². The molecule has 0 unspecified atom stereocenters. The lowest BCUT2D eigenvalue weighted by Gasteiger charge is -2.12. The molecular weight excluding hydrogens is 481 g/mol. The number of rotatable bonds is 8. The molecule has 0 aliphatic carbocycles. The Morgan fingerprint density at radius 1 is 1.03 bits per heavy atom. The van der Waals surface area contributed by atoms with Crippen LogP contribution in [0.25, 0.3) is 11.3 Å². The standard InChI is InChI=1S/C21H19F3N4O3S.ClH/c1-30-16-4-3-14(9-17(16)31-2)15-10-18(21(22,23)24)28-20(27-15)32-12-19(29)26-11-13-5-7-25-8-6-13;/h3-10H,11-12H2,1-2H3,(H,26,29);1H. The number of nitrogens with zero attached hydrogens (tertiary/aromatic N) is 3. The lowest BCUT2D eigenvalue weighted by atomic mass is 10.1. The van der Waals surface area contributed by atoms with E-state index in [1.807, 2.05) is 0 Å². The number of amides is 1. The SMILES string of the molecule is COc1ccc(-c2cc(C(F)(F)F)nc(SCC(=O)NCc3ccncc3)n2)cc1OC.Cl. The van der Waals surface area contributed by atoms with Gasteiger partial charge >= 0.3 is 6.18 Å². The molecule has 0 radical (unpaired) electrons. The smallest absolute Gasteiger partial charge is 0.433 e. The molecule has 12 heteroatoms. The third kappa shape index (κ3) is 7.22. The fraction of sp³-hybridized carbons (Fsp3) is 0.238. The number of pyridine rings is 1. The molecule has 33 heavy (non-hydrogen) atoms. The van der Waals surface area contributed by atoms with Crippen LogP contribution in [0.1, 0.15) is 11.3 Å². The predicted octanol–water partition coefficient (Wildman–Crippen LogP) is 4.40. The number of carbonyl (C=O) groups is 1. The molecule has 2 aromatic heterocycles. The van der Waals surface area contributed by atoms with E-state index in [0.29, 0.717) is 17.1 Å². The summed E-state index contributed by atoms with van der Waals surface area (Å²) in [7, 11) is 2.88. The van der Waals surface area contributed by atoms with E-state index in [2.05, 4.69) is 20.3 Å². The molecule has 1 amide bonds. The first kappa shape index (κ1) is 26.2. The largest absolute Gasteiger partial charge is 0.493 e. The highest BCUT2D eigenvalue weighted by Crippen LogP contribution is 2.35. The summed E-state index contributed by atoms with van der Waals surface area (Å²) >= 11 is 0.818. The van der Waals surface area contributed by atoms with Crippen molar-refractivity contribution in [3.63, 3.8) is 0 Å². The first-order chi connectivity index (χ1) is 15.3. The summed E-state index contributed by atoms with van der Waals surface area (Å²) in [5.74, 6) is 0.279. The fourth-order valence-electron chi connectivity index (χ4n) is 2.66. The average Bonchev–Trinajstić information content (AvgIpc) is 2.80. The normalized spacial score (nSPS) is 10.8. The van der Waals surface area contributed by atoms with E-state index in [9.17, 15) is 18.0 Å². The van der Waals surface area contributed by atoms with Crippen LogP contribution >= 0.6 is 24.2 Å². The van der Waals surface area contributed by atoms with Gasteiger partial charge in [0.1, 0.15) is 5.69 Å². The molecular formula is C21H20ClF3N4O3S. The highest BCUT2D eigenvalue weighted by molar-refractivity contribution is 7.99. The van der Waals surface area contributed by atoms with E-state index in [1.54, 1.807) is 36.7 Å². The first-order valence-electron chi connectivity index (χ1n) is 9.27. The van der Waals surface area contributed by atoms with Crippen molar-refractivity contribution < 1.29 is 27.4 Å². The van der Waals surface area contributed by atoms with E-state index in [-0.39, 0.29) is 41.5 Å². The maximum Gasteiger partial charge on any atom is 0.433 e. The molecule has 176 valence electrons. The molecule has 1 aromatic carbocycles. The van der Waals surface area contributed by atoms with Crippen molar-refractivity contribution in [3.8, 4) is 22.8 Å². The molecule has 0 saturated carbocycles. The molecule has 0 aliphatic heterocycles. The minimum Gasteiger partial charge on any atom is -0.493 e. The van der Waals surface area contributed by atoms with Gasteiger partial charge in [-0.25, -0.2) is 9.97 Å². The van der Waals surface area contributed by atoms with Gasteiger partial charge in [-0.2, -0.15) is 13.2 Å². The lowest BCUT2D eigenvalue weighted by molar-refractivity contribution is -0.141. The Bertz CT molecular complexity index is 1090. The van der Waals surface area contributed by atoms with Gasteiger partial charge in [0.05, 0.1) is 25.7 Å². The second-order valence-corrected chi connectivity index (χ2v) is 7.35. The summed E-state index contributed by atoms with van der Waals surface area (Å²) < 4.78 is 50.6. The summed E-state index contributed by atoms with van der Waals surface area (Å²) in [5, 5.41) is 2.53. The van der Waals surface area contributed by atoms with Gasteiger partial charge in [-0.15, -0.1) is 12.4 Å². The van der Waals surface area contributed by atoms with Gasteiger partial charge in [-0.1, -0.05) is 11.8 Å². The number of alkyl halides is 3. The number of benzene rings is 1. The molecule has 0 bridgehead atoms. The van der Waals surface area contributed by atoms with E-state index in [0.717, 1.165) is 23.4 Å². The Labute approximate surface area is 198 Å². The van der Waals surface area contributed by atoms with Crippen LogP contribution in [-0.4, -0.2) is 40.8 Å². The highest BCUT2D eigenvalue weighted by Gasteiger charge is 2.34. The minimum atomic E-state index is -4.67. The third-order valence-corrected chi connectivity index (χ3v) is 5.09. The van der Waals surface area contributed by atoms with Crippen LogP contribution in [0.4, 0.5) is 13.2 Å². The van der Waals surface area contributed by atoms with Crippen LogP contribution in [0, 0.1) is 0 Å². The minimum absolute atomic E-state index is 0. The summed E-state index contributed by atoms with van der Waals surface area (Å²) in [6.07, 6.45) is -1.47. The molecule has 1 N–H and O–H groups in total. The molecule has 3 rings (SSSR count). The zero-order valence-corrected chi connectivity index (χ0v) is 19.2. The molecule has 0 saturated heterocycles. The average molecular weight is 501 g/mol. The third-order valence-electron chi connectivity index (χ3n) is 4.25. The molecule has 0 aliphatic rings. The first-order valence-corrected chi connectivity index (χ1v) is 10.3. The van der Waals surface area contributed by atoms with Gasteiger partial charge in [-0.3, -0.25) is 9.78 Å². The van der Waals surface area contributed by atoms with Crippen LogP contribution in [-0.2, 0) is 17.5 Å². The van der Waals surface area contributed by atoms with Crippen molar-refractivity contribution in [3.05, 3.63) is 60.0 Å². The number of aromatic nitrogens is 3. The number of ether oxygens (including phenoxy) is 2. The van der Waals surface area contributed by atoms with Gasteiger partial charge in [0.2, 0.25) is 5.91 Å². The Kier molecular flexibility index (Phi) is 9.30. The molecule has 0 fully saturated rings. The van der Waals surface area contributed by atoms with Gasteiger partial charge in [-0.05, 0) is 42.0 Å². The summed E-state index contributed by atoms with van der Waals surface area (Å²) in [5.41, 5.74) is 0.189. The van der Waals surface area contributed by atoms with Crippen molar-refractivity contribution in [2.75, 3.05) is 20.0 Å². The van der Waals surface area contributed by atoms with Crippen LogP contribution in [0.3, 0.4) is 0 Å². The van der Waals surface area contributed by atoms with Gasteiger partial charge in [0, 0.05) is 24.5 Å². The maximum atomic E-state index is 13.4. The van der Waals surface area contributed by atoms with Crippen LogP contribution in [0.15, 0.2) is 53.9 Å². The molecule has 0 spiro atoms. The van der Waals surface area contributed by atoms with E-state index >= 15 is 0 Å². The van der Waals surface area contributed by atoms with E-state index < -0.39 is 11.9 Å². The zero-order chi connectivity index (χ0) is 23.1. The number of thioether (sulfide) groups is 1. The Hall–Kier alpha value is -3.05. The van der Waals surface area contributed by atoms with Gasteiger partial charge < -0.3 is 14.8 Å². The van der Waals surface area contributed by atoms with Crippen molar-refractivity contribution in [1.82, 2.24) is 20.3 Å². The number of carbonyl (C=O) groups excluding carboxylic acids is 1. The summed E-state index contributed by atoms with van der Waals surface area (Å²) in [6, 6.07) is 9.02. The topological polar surface area (TPSA) is 86.2 Å². The number of methoxy groups -OCH3 is 2. The monoisotopic (exact) mass is 500 g/mol. The second-order valence-electron chi connectivity index (χ2n) is 6.41. The quantitative estimate of drug-likeness (QED) is 0.362.